The van der Waals surface area contributed by atoms with Crippen molar-refractivity contribution < 1.29 is 4.74 Å². The van der Waals surface area contributed by atoms with Crippen molar-refractivity contribution in [3.05, 3.63) is 42.2 Å². The summed E-state index contributed by atoms with van der Waals surface area (Å²) in [7, 11) is 0. The van der Waals surface area contributed by atoms with Gasteiger partial charge in [0.15, 0.2) is 0 Å². The third-order valence-electron chi connectivity index (χ3n) is 6.91. The molecule has 1 nitrogen and oxygen atoms in total. The molecule has 0 unspecified atom stereocenters. The summed E-state index contributed by atoms with van der Waals surface area (Å²) in [6, 6.07) is 8.85. The first kappa shape index (κ1) is 19.5. The lowest BCUT2D eigenvalue weighted by Gasteiger charge is -2.38. The highest BCUT2D eigenvalue weighted by atomic mass is 16.5. The molecule has 0 heterocycles. The van der Waals surface area contributed by atoms with Crippen molar-refractivity contribution in [1.29, 1.82) is 0 Å². The molecule has 2 fully saturated rings. The van der Waals surface area contributed by atoms with Gasteiger partial charge in [-0.15, -0.1) is 0 Å². The first-order valence-corrected chi connectivity index (χ1v) is 11.2. The van der Waals surface area contributed by atoms with E-state index in [1.165, 1.54) is 69.8 Å². The number of benzene rings is 1. The molecule has 0 N–H and O–H groups in total. The van der Waals surface area contributed by atoms with Crippen LogP contribution in [0.3, 0.4) is 0 Å². The largest absolute Gasteiger partial charge is 0.465 e. The predicted octanol–water partition coefficient (Wildman–Crippen LogP) is 7.87. The van der Waals surface area contributed by atoms with Crippen molar-refractivity contribution in [1.82, 2.24) is 0 Å². The van der Waals surface area contributed by atoms with Crippen molar-refractivity contribution >= 4 is 0 Å². The van der Waals surface area contributed by atoms with Crippen LogP contribution in [0.25, 0.3) is 0 Å². The molecule has 3 rings (SSSR count). The molecule has 144 valence electrons. The summed E-state index contributed by atoms with van der Waals surface area (Å²) < 4.78 is 5.63. The van der Waals surface area contributed by atoms with Crippen LogP contribution in [0.5, 0.6) is 5.75 Å². The van der Waals surface area contributed by atoms with Crippen molar-refractivity contribution in [2.24, 2.45) is 17.8 Å². The standard InChI is InChI=1S/C25H38O/c1-3-5-19-26-25-17-15-24(16-18-25)23-13-11-22(12-14-23)21-9-7-20(6-4-2)8-10-21/h5,15-23H,3-4,6-14H2,1-2H3. The zero-order valence-electron chi connectivity index (χ0n) is 17.0. The summed E-state index contributed by atoms with van der Waals surface area (Å²) in [5.41, 5.74) is 1.52. The highest BCUT2D eigenvalue weighted by Gasteiger charge is 2.31. The van der Waals surface area contributed by atoms with E-state index in [0.717, 1.165) is 35.8 Å². The molecule has 0 bridgehead atoms. The smallest absolute Gasteiger partial charge is 0.126 e. The van der Waals surface area contributed by atoms with E-state index in [-0.39, 0.29) is 0 Å². The molecule has 1 aromatic rings. The van der Waals surface area contributed by atoms with Crippen LogP contribution in [0.15, 0.2) is 36.6 Å². The highest BCUT2D eigenvalue weighted by Crippen LogP contribution is 2.44. The van der Waals surface area contributed by atoms with Gasteiger partial charge in [-0.2, -0.15) is 0 Å². The minimum Gasteiger partial charge on any atom is -0.465 e. The van der Waals surface area contributed by atoms with Gasteiger partial charge in [-0.05, 0) is 92.4 Å². The third kappa shape index (κ3) is 5.38. The molecule has 2 aliphatic rings. The lowest BCUT2D eigenvalue weighted by atomic mass is 9.68. The van der Waals surface area contributed by atoms with Crippen molar-refractivity contribution in [3.63, 3.8) is 0 Å². The third-order valence-corrected chi connectivity index (χ3v) is 6.91. The molecule has 0 aliphatic heterocycles. The average Bonchev–Trinajstić information content (AvgIpc) is 2.70. The Morgan fingerprint density at radius 2 is 1.46 bits per heavy atom. The Labute approximate surface area is 161 Å². The minimum atomic E-state index is 0.767. The van der Waals surface area contributed by atoms with Gasteiger partial charge in [0.05, 0.1) is 6.26 Å². The Bertz CT molecular complexity index is 528. The second kappa shape index (κ2) is 10.2. The van der Waals surface area contributed by atoms with Gasteiger partial charge in [-0.25, -0.2) is 0 Å². The first-order chi connectivity index (χ1) is 12.8. The molecule has 2 saturated carbocycles. The summed E-state index contributed by atoms with van der Waals surface area (Å²) in [4.78, 5) is 0. The van der Waals surface area contributed by atoms with E-state index >= 15 is 0 Å². The van der Waals surface area contributed by atoms with Crippen molar-refractivity contribution in [2.45, 2.75) is 90.4 Å². The van der Waals surface area contributed by atoms with E-state index < -0.39 is 0 Å². The molecule has 1 heteroatoms. The van der Waals surface area contributed by atoms with E-state index in [1.807, 2.05) is 6.08 Å². The Kier molecular flexibility index (Phi) is 7.65. The summed E-state index contributed by atoms with van der Waals surface area (Å²) in [5, 5.41) is 0. The summed E-state index contributed by atoms with van der Waals surface area (Å²) in [5.74, 6) is 4.81. The van der Waals surface area contributed by atoms with Crippen molar-refractivity contribution in [2.75, 3.05) is 0 Å². The molecule has 0 saturated heterocycles. The lowest BCUT2D eigenvalue weighted by molar-refractivity contribution is 0.156. The fourth-order valence-corrected chi connectivity index (χ4v) is 5.32. The van der Waals surface area contributed by atoms with Crippen LogP contribution in [-0.4, -0.2) is 0 Å². The Morgan fingerprint density at radius 3 is 2.04 bits per heavy atom. The zero-order chi connectivity index (χ0) is 18.2. The second-order valence-electron chi connectivity index (χ2n) is 8.65. The molecular formula is C25H38O. The lowest BCUT2D eigenvalue weighted by Crippen LogP contribution is -2.25. The van der Waals surface area contributed by atoms with E-state index in [1.54, 1.807) is 6.26 Å². The molecule has 0 radical (unpaired) electrons. The van der Waals surface area contributed by atoms with Crippen LogP contribution in [0.1, 0.15) is 96.0 Å². The van der Waals surface area contributed by atoms with E-state index in [0.29, 0.717) is 0 Å². The summed E-state index contributed by atoms with van der Waals surface area (Å²) >= 11 is 0. The van der Waals surface area contributed by atoms with Crippen molar-refractivity contribution in [3.8, 4) is 5.75 Å². The fraction of sp³-hybridized carbons (Fsp3) is 0.680. The molecule has 0 amide bonds. The first-order valence-electron chi connectivity index (χ1n) is 11.2. The molecule has 0 aromatic heterocycles. The molecule has 26 heavy (non-hydrogen) atoms. The SMILES string of the molecule is CCC=COc1ccc(C2CCC(C3CCC(CCC)CC3)CC2)cc1. The topological polar surface area (TPSA) is 9.23 Å². The predicted molar refractivity (Wildman–Crippen MR) is 112 cm³/mol. The van der Waals surface area contributed by atoms with Gasteiger partial charge in [-0.3, -0.25) is 0 Å². The summed E-state index contributed by atoms with van der Waals surface area (Å²) in [6.45, 7) is 4.46. The molecule has 0 atom stereocenters. The molecular weight excluding hydrogens is 316 g/mol. The second-order valence-corrected chi connectivity index (χ2v) is 8.65. The maximum Gasteiger partial charge on any atom is 0.126 e. The zero-order valence-corrected chi connectivity index (χ0v) is 17.0. The van der Waals surface area contributed by atoms with Gasteiger partial charge >= 0.3 is 0 Å². The molecule has 1 aromatic carbocycles. The average molecular weight is 355 g/mol. The number of allylic oxidation sites excluding steroid dienone is 1. The maximum atomic E-state index is 5.63. The van der Waals surface area contributed by atoms with E-state index in [9.17, 15) is 0 Å². The van der Waals surface area contributed by atoms with Crippen LogP contribution in [0.2, 0.25) is 0 Å². The van der Waals surface area contributed by atoms with Crippen LogP contribution >= 0.6 is 0 Å². The van der Waals surface area contributed by atoms with Gasteiger partial charge in [0, 0.05) is 0 Å². The van der Waals surface area contributed by atoms with Gasteiger partial charge in [0.25, 0.3) is 0 Å². The van der Waals surface area contributed by atoms with Gasteiger partial charge in [0.1, 0.15) is 5.75 Å². The van der Waals surface area contributed by atoms with E-state index in [2.05, 4.69) is 38.1 Å². The van der Waals surface area contributed by atoms with Gasteiger partial charge < -0.3 is 4.74 Å². The van der Waals surface area contributed by atoms with Crippen LogP contribution in [-0.2, 0) is 0 Å². The Hall–Kier alpha value is -1.24. The maximum absolute atomic E-state index is 5.63. The van der Waals surface area contributed by atoms with Crippen LogP contribution in [0, 0.1) is 17.8 Å². The quantitative estimate of drug-likeness (QED) is 0.453. The van der Waals surface area contributed by atoms with E-state index in [4.69, 9.17) is 4.74 Å². The molecule has 2 aliphatic carbocycles. The number of hydrogen-bond donors (Lipinski definition) is 0. The fourth-order valence-electron chi connectivity index (χ4n) is 5.32. The van der Waals surface area contributed by atoms with Crippen LogP contribution in [0.4, 0.5) is 0 Å². The normalized spacial score (nSPS) is 29.8. The summed E-state index contributed by atoms with van der Waals surface area (Å²) in [6.07, 6.45) is 19.4. The van der Waals surface area contributed by atoms with Crippen LogP contribution < -0.4 is 4.74 Å². The Morgan fingerprint density at radius 1 is 0.846 bits per heavy atom. The van der Waals surface area contributed by atoms with Gasteiger partial charge in [0.2, 0.25) is 0 Å². The highest BCUT2D eigenvalue weighted by molar-refractivity contribution is 5.30. The van der Waals surface area contributed by atoms with Gasteiger partial charge in [-0.1, -0.05) is 51.7 Å². The number of rotatable bonds is 7. The molecule has 0 spiro atoms. The minimum absolute atomic E-state index is 0.767. The monoisotopic (exact) mass is 354 g/mol. The number of ether oxygens (including phenoxy) is 1. The number of hydrogen-bond acceptors (Lipinski definition) is 1. The Balaban J connectivity index is 1.44.